The quantitative estimate of drug-likeness (QED) is 0.899. The van der Waals surface area contributed by atoms with Crippen LogP contribution in [0.5, 0.6) is 0 Å². The zero-order chi connectivity index (χ0) is 14.7. The lowest BCUT2D eigenvalue weighted by atomic mass is 10.1. The number of nitrogens with zero attached hydrogens (tertiary/aromatic N) is 3. The third-order valence-electron chi connectivity index (χ3n) is 3.65. The Morgan fingerprint density at radius 2 is 2.14 bits per heavy atom. The van der Waals surface area contributed by atoms with Crippen LogP contribution in [0.15, 0.2) is 30.3 Å². The van der Waals surface area contributed by atoms with Gasteiger partial charge in [-0.15, -0.1) is 10.2 Å². The Kier molecular flexibility index (Phi) is 3.85. The highest BCUT2D eigenvalue weighted by molar-refractivity contribution is 5.74. The minimum Gasteiger partial charge on any atom is -0.338 e. The van der Waals surface area contributed by atoms with E-state index in [-0.39, 0.29) is 12.1 Å². The minimum absolute atomic E-state index is 0.111. The standard InChI is InChI=1S/C15H19N5O/c1-2-16-15(21)17-12-8-9-13-18-19-14(20(13)10-12)11-6-4-3-5-7-11/h3-7,12H,2,8-10H2,1H3,(H2,16,17,21)/t12-/m1/s1. The molecule has 2 amide bonds. The molecular weight excluding hydrogens is 266 g/mol. The maximum Gasteiger partial charge on any atom is 0.315 e. The van der Waals surface area contributed by atoms with Crippen LogP contribution in [-0.4, -0.2) is 33.4 Å². The van der Waals surface area contributed by atoms with Crippen LogP contribution in [0.1, 0.15) is 19.2 Å². The molecule has 6 heteroatoms. The van der Waals surface area contributed by atoms with Crippen LogP contribution in [0.25, 0.3) is 11.4 Å². The number of carbonyl (C=O) groups is 1. The molecule has 0 spiro atoms. The lowest BCUT2D eigenvalue weighted by Gasteiger charge is -2.25. The molecule has 1 atom stereocenters. The summed E-state index contributed by atoms with van der Waals surface area (Å²) < 4.78 is 2.11. The molecule has 3 rings (SSSR count). The highest BCUT2D eigenvalue weighted by Gasteiger charge is 2.24. The van der Waals surface area contributed by atoms with E-state index >= 15 is 0 Å². The van der Waals surface area contributed by atoms with Crippen molar-refractivity contribution < 1.29 is 4.79 Å². The van der Waals surface area contributed by atoms with Gasteiger partial charge in [0.25, 0.3) is 0 Å². The van der Waals surface area contributed by atoms with E-state index in [1.165, 1.54) is 0 Å². The Morgan fingerprint density at radius 3 is 2.90 bits per heavy atom. The smallest absolute Gasteiger partial charge is 0.315 e. The second-order valence-electron chi connectivity index (χ2n) is 5.16. The highest BCUT2D eigenvalue weighted by Crippen LogP contribution is 2.22. The number of fused-ring (bicyclic) bond motifs is 1. The number of nitrogens with one attached hydrogen (secondary N) is 2. The summed E-state index contributed by atoms with van der Waals surface area (Å²) in [5.74, 6) is 1.86. The Morgan fingerprint density at radius 1 is 1.33 bits per heavy atom. The molecule has 0 saturated carbocycles. The predicted molar refractivity (Wildman–Crippen MR) is 79.8 cm³/mol. The van der Waals surface area contributed by atoms with Crippen molar-refractivity contribution in [1.29, 1.82) is 0 Å². The van der Waals surface area contributed by atoms with Crippen molar-refractivity contribution in [1.82, 2.24) is 25.4 Å². The molecule has 2 aromatic rings. The van der Waals surface area contributed by atoms with Crippen molar-refractivity contribution in [2.75, 3.05) is 6.54 Å². The van der Waals surface area contributed by atoms with Gasteiger partial charge < -0.3 is 15.2 Å². The average molecular weight is 285 g/mol. The highest BCUT2D eigenvalue weighted by atomic mass is 16.2. The first-order valence-corrected chi connectivity index (χ1v) is 7.29. The van der Waals surface area contributed by atoms with E-state index in [1.54, 1.807) is 0 Å². The third kappa shape index (κ3) is 2.89. The summed E-state index contributed by atoms with van der Waals surface area (Å²) in [6.07, 6.45) is 1.72. The fourth-order valence-corrected chi connectivity index (χ4v) is 2.64. The van der Waals surface area contributed by atoms with Crippen LogP contribution in [0.4, 0.5) is 4.79 Å². The summed E-state index contributed by atoms with van der Waals surface area (Å²) >= 11 is 0. The molecule has 6 nitrogen and oxygen atoms in total. The molecule has 0 fully saturated rings. The largest absolute Gasteiger partial charge is 0.338 e. The van der Waals surface area contributed by atoms with E-state index in [9.17, 15) is 4.79 Å². The first-order valence-electron chi connectivity index (χ1n) is 7.29. The topological polar surface area (TPSA) is 71.8 Å². The molecule has 0 aliphatic carbocycles. The molecule has 2 N–H and O–H groups in total. The van der Waals surface area contributed by atoms with E-state index in [4.69, 9.17) is 0 Å². The van der Waals surface area contributed by atoms with E-state index in [1.807, 2.05) is 37.3 Å². The van der Waals surface area contributed by atoms with Gasteiger partial charge in [0.05, 0.1) is 0 Å². The molecule has 1 aliphatic heterocycles. The predicted octanol–water partition coefficient (Wildman–Crippen LogP) is 1.58. The van der Waals surface area contributed by atoms with Gasteiger partial charge in [0, 0.05) is 31.1 Å². The minimum atomic E-state index is -0.111. The van der Waals surface area contributed by atoms with Crippen molar-refractivity contribution >= 4 is 6.03 Å². The van der Waals surface area contributed by atoms with Gasteiger partial charge in [0.15, 0.2) is 5.82 Å². The summed E-state index contributed by atoms with van der Waals surface area (Å²) in [6, 6.07) is 10.0. The molecule has 2 heterocycles. The SMILES string of the molecule is CCNC(=O)N[C@@H]1CCc2nnc(-c3ccccc3)n2C1. The fourth-order valence-electron chi connectivity index (χ4n) is 2.64. The maximum atomic E-state index is 11.7. The number of hydrogen-bond donors (Lipinski definition) is 2. The molecular formula is C15H19N5O. The van der Waals surface area contributed by atoms with Crippen molar-refractivity contribution in [2.45, 2.75) is 32.4 Å². The maximum absolute atomic E-state index is 11.7. The number of amides is 2. The molecule has 0 saturated heterocycles. The summed E-state index contributed by atoms with van der Waals surface area (Å²) in [4.78, 5) is 11.7. The molecule has 21 heavy (non-hydrogen) atoms. The van der Waals surface area contributed by atoms with Gasteiger partial charge in [-0.05, 0) is 13.3 Å². The van der Waals surface area contributed by atoms with Gasteiger partial charge in [-0.3, -0.25) is 0 Å². The Bertz CT molecular complexity index is 622. The zero-order valence-corrected chi connectivity index (χ0v) is 12.0. The van der Waals surface area contributed by atoms with Gasteiger partial charge >= 0.3 is 6.03 Å². The average Bonchev–Trinajstić information content (AvgIpc) is 2.91. The summed E-state index contributed by atoms with van der Waals surface area (Å²) in [7, 11) is 0. The van der Waals surface area contributed by atoms with Crippen LogP contribution in [0.2, 0.25) is 0 Å². The van der Waals surface area contributed by atoms with E-state index in [2.05, 4.69) is 25.4 Å². The van der Waals surface area contributed by atoms with Crippen LogP contribution in [0, 0.1) is 0 Å². The fraction of sp³-hybridized carbons (Fsp3) is 0.400. The summed E-state index contributed by atoms with van der Waals surface area (Å²) in [6.45, 7) is 3.25. The van der Waals surface area contributed by atoms with E-state index < -0.39 is 0 Å². The van der Waals surface area contributed by atoms with Crippen molar-refractivity contribution in [2.24, 2.45) is 0 Å². The number of rotatable bonds is 3. The molecule has 1 aromatic carbocycles. The van der Waals surface area contributed by atoms with Crippen LogP contribution in [0.3, 0.4) is 0 Å². The number of benzene rings is 1. The second kappa shape index (κ2) is 5.95. The van der Waals surface area contributed by atoms with Crippen molar-refractivity contribution in [3.8, 4) is 11.4 Å². The summed E-state index contributed by atoms with van der Waals surface area (Å²) in [5, 5.41) is 14.3. The van der Waals surface area contributed by atoms with Crippen LogP contribution < -0.4 is 10.6 Å². The first-order chi connectivity index (χ1) is 10.3. The number of aromatic nitrogens is 3. The van der Waals surface area contributed by atoms with E-state index in [0.29, 0.717) is 13.1 Å². The van der Waals surface area contributed by atoms with Gasteiger partial charge in [-0.25, -0.2) is 4.79 Å². The Balaban J connectivity index is 1.79. The van der Waals surface area contributed by atoms with Gasteiger partial charge in [-0.1, -0.05) is 30.3 Å². The second-order valence-corrected chi connectivity index (χ2v) is 5.16. The lowest BCUT2D eigenvalue weighted by Crippen LogP contribution is -2.45. The summed E-state index contributed by atoms with van der Waals surface area (Å²) in [5.41, 5.74) is 1.05. The molecule has 110 valence electrons. The normalized spacial score (nSPS) is 17.1. The molecule has 0 radical (unpaired) electrons. The zero-order valence-electron chi connectivity index (χ0n) is 12.0. The van der Waals surface area contributed by atoms with Crippen LogP contribution >= 0.6 is 0 Å². The molecule has 0 unspecified atom stereocenters. The molecule has 1 aromatic heterocycles. The Labute approximate surface area is 123 Å². The van der Waals surface area contributed by atoms with Crippen LogP contribution in [-0.2, 0) is 13.0 Å². The number of hydrogen-bond acceptors (Lipinski definition) is 3. The Hall–Kier alpha value is -2.37. The molecule has 0 bridgehead atoms. The van der Waals surface area contributed by atoms with Crippen molar-refractivity contribution in [3.05, 3.63) is 36.2 Å². The number of aryl methyl sites for hydroxylation is 1. The lowest BCUT2D eigenvalue weighted by molar-refractivity contribution is 0.233. The van der Waals surface area contributed by atoms with Crippen molar-refractivity contribution in [3.63, 3.8) is 0 Å². The van der Waals surface area contributed by atoms with Gasteiger partial charge in [0.2, 0.25) is 0 Å². The van der Waals surface area contributed by atoms with Gasteiger partial charge in [-0.2, -0.15) is 0 Å². The monoisotopic (exact) mass is 285 g/mol. The first kappa shape index (κ1) is 13.6. The number of carbonyl (C=O) groups excluding carboxylic acids is 1. The van der Waals surface area contributed by atoms with Gasteiger partial charge in [0.1, 0.15) is 5.82 Å². The molecule has 1 aliphatic rings. The van der Waals surface area contributed by atoms with E-state index in [0.717, 1.165) is 30.1 Å². The number of urea groups is 1. The third-order valence-corrected chi connectivity index (χ3v) is 3.65.